The molecule has 2 atom stereocenters. The molecule has 1 aromatic carbocycles. The molecule has 0 saturated heterocycles. The van der Waals surface area contributed by atoms with Crippen LogP contribution in [0.2, 0.25) is 0 Å². The van der Waals surface area contributed by atoms with E-state index in [0.717, 1.165) is 0 Å². The molecular formula is C15H21NO2S2. The van der Waals surface area contributed by atoms with Crippen LogP contribution in [0.5, 0.6) is 0 Å². The van der Waals surface area contributed by atoms with Crippen molar-refractivity contribution in [1.29, 1.82) is 0 Å². The fourth-order valence-corrected chi connectivity index (χ4v) is 4.06. The molecule has 0 fully saturated rings. The third-order valence-electron chi connectivity index (χ3n) is 3.33. The maximum absolute atomic E-state index is 11.2. The van der Waals surface area contributed by atoms with Crippen molar-refractivity contribution in [3.8, 4) is 0 Å². The van der Waals surface area contributed by atoms with Gasteiger partial charge >= 0.3 is 0 Å². The standard InChI is InChI=1S/C15H21NO2S2/c1-11(8-9-20(3,17)18)16-12(2)15-10-13-6-4-5-7-14(13)19-15/h4-7,10-12,16H,8-9H2,1-3H3/t11-,12-/m0/s1. The molecular weight excluding hydrogens is 290 g/mol. The van der Waals surface area contributed by atoms with Gasteiger partial charge in [-0.25, -0.2) is 8.42 Å². The van der Waals surface area contributed by atoms with Gasteiger partial charge in [0, 0.05) is 27.9 Å². The molecule has 0 saturated carbocycles. The molecule has 1 heterocycles. The van der Waals surface area contributed by atoms with Crippen molar-refractivity contribution in [3.63, 3.8) is 0 Å². The Kier molecular flexibility index (Phi) is 4.83. The summed E-state index contributed by atoms with van der Waals surface area (Å²) in [6.45, 7) is 4.16. The Balaban J connectivity index is 1.98. The molecule has 1 aromatic heterocycles. The summed E-state index contributed by atoms with van der Waals surface area (Å²) in [6.07, 6.45) is 1.93. The number of hydrogen-bond acceptors (Lipinski definition) is 4. The number of sulfone groups is 1. The second-order valence-electron chi connectivity index (χ2n) is 5.39. The Hall–Kier alpha value is -0.910. The Morgan fingerprint density at radius 2 is 1.95 bits per heavy atom. The number of benzene rings is 1. The van der Waals surface area contributed by atoms with Gasteiger partial charge in [-0.3, -0.25) is 0 Å². The summed E-state index contributed by atoms with van der Waals surface area (Å²) >= 11 is 1.79. The molecule has 0 aliphatic heterocycles. The van der Waals surface area contributed by atoms with Gasteiger partial charge in [-0.15, -0.1) is 11.3 Å². The van der Waals surface area contributed by atoms with Crippen LogP contribution in [0.4, 0.5) is 0 Å². The van der Waals surface area contributed by atoms with Crippen molar-refractivity contribution in [3.05, 3.63) is 35.2 Å². The summed E-state index contributed by atoms with van der Waals surface area (Å²) in [5.74, 6) is 0.236. The van der Waals surface area contributed by atoms with E-state index in [1.54, 1.807) is 11.3 Å². The molecule has 2 rings (SSSR count). The van der Waals surface area contributed by atoms with Crippen LogP contribution in [0, 0.1) is 0 Å². The SMILES string of the molecule is C[C@H](N[C@@H](C)CCS(C)(=O)=O)c1cc2ccccc2s1. The van der Waals surface area contributed by atoms with E-state index in [1.807, 2.05) is 13.0 Å². The molecule has 0 aliphatic rings. The first-order chi connectivity index (χ1) is 9.35. The van der Waals surface area contributed by atoms with Crippen LogP contribution >= 0.6 is 11.3 Å². The maximum atomic E-state index is 11.2. The van der Waals surface area contributed by atoms with Gasteiger partial charge in [0.1, 0.15) is 9.84 Å². The first-order valence-corrected chi connectivity index (χ1v) is 9.65. The van der Waals surface area contributed by atoms with Gasteiger partial charge in [0.2, 0.25) is 0 Å². The lowest BCUT2D eigenvalue weighted by atomic mass is 10.2. The summed E-state index contributed by atoms with van der Waals surface area (Å²) in [4.78, 5) is 1.29. The van der Waals surface area contributed by atoms with E-state index in [2.05, 4.69) is 36.5 Å². The minimum absolute atomic E-state index is 0.185. The van der Waals surface area contributed by atoms with Gasteiger partial charge in [0.15, 0.2) is 0 Å². The molecule has 0 unspecified atom stereocenters. The lowest BCUT2D eigenvalue weighted by molar-refractivity contribution is 0.472. The van der Waals surface area contributed by atoms with Gasteiger partial charge in [0.05, 0.1) is 5.75 Å². The molecule has 3 nitrogen and oxygen atoms in total. The molecule has 0 amide bonds. The van der Waals surface area contributed by atoms with Crippen molar-refractivity contribution in [1.82, 2.24) is 5.32 Å². The van der Waals surface area contributed by atoms with Crippen LogP contribution in [0.15, 0.2) is 30.3 Å². The lowest BCUT2D eigenvalue weighted by Crippen LogP contribution is -2.30. The number of nitrogens with one attached hydrogen (secondary N) is 1. The smallest absolute Gasteiger partial charge is 0.147 e. The third kappa shape index (κ3) is 4.30. The molecule has 0 spiro atoms. The molecule has 2 aromatic rings. The van der Waals surface area contributed by atoms with Crippen molar-refractivity contribution in [2.75, 3.05) is 12.0 Å². The molecule has 0 aliphatic carbocycles. The Labute approximate surface area is 124 Å². The average Bonchev–Trinajstić information content (AvgIpc) is 2.79. The quantitative estimate of drug-likeness (QED) is 0.889. The molecule has 5 heteroatoms. The average molecular weight is 311 g/mol. The van der Waals surface area contributed by atoms with Gasteiger partial charge in [-0.1, -0.05) is 18.2 Å². The summed E-state index contributed by atoms with van der Waals surface area (Å²) in [5.41, 5.74) is 0. The summed E-state index contributed by atoms with van der Waals surface area (Å²) in [7, 11) is -2.88. The number of thiophene rings is 1. The zero-order valence-electron chi connectivity index (χ0n) is 12.1. The predicted molar refractivity (Wildman–Crippen MR) is 87.2 cm³/mol. The molecule has 0 bridgehead atoms. The largest absolute Gasteiger partial charge is 0.307 e. The van der Waals surface area contributed by atoms with Gasteiger partial charge in [-0.2, -0.15) is 0 Å². The van der Waals surface area contributed by atoms with Crippen LogP contribution in [0.25, 0.3) is 10.1 Å². The second kappa shape index (κ2) is 6.24. The minimum Gasteiger partial charge on any atom is -0.307 e. The monoisotopic (exact) mass is 311 g/mol. The van der Waals surface area contributed by atoms with Crippen LogP contribution in [0.3, 0.4) is 0 Å². The maximum Gasteiger partial charge on any atom is 0.147 e. The Bertz CT molecular complexity index is 643. The fourth-order valence-electron chi connectivity index (χ4n) is 2.20. The number of rotatable bonds is 6. The zero-order valence-corrected chi connectivity index (χ0v) is 13.7. The van der Waals surface area contributed by atoms with Crippen molar-refractivity contribution in [2.24, 2.45) is 0 Å². The first-order valence-electron chi connectivity index (χ1n) is 6.77. The van der Waals surface area contributed by atoms with Crippen molar-refractivity contribution >= 4 is 31.3 Å². The fraction of sp³-hybridized carbons (Fsp3) is 0.467. The van der Waals surface area contributed by atoms with Crippen LogP contribution in [-0.4, -0.2) is 26.5 Å². The second-order valence-corrected chi connectivity index (χ2v) is 8.77. The topological polar surface area (TPSA) is 46.2 Å². The zero-order chi connectivity index (χ0) is 14.8. The van der Waals surface area contributed by atoms with E-state index in [4.69, 9.17) is 0 Å². The highest BCUT2D eigenvalue weighted by Gasteiger charge is 2.13. The third-order valence-corrected chi connectivity index (χ3v) is 5.60. The van der Waals surface area contributed by atoms with Crippen LogP contribution < -0.4 is 5.32 Å². The van der Waals surface area contributed by atoms with Crippen LogP contribution in [-0.2, 0) is 9.84 Å². The minimum atomic E-state index is -2.88. The van der Waals surface area contributed by atoms with E-state index in [1.165, 1.54) is 21.2 Å². The van der Waals surface area contributed by atoms with Crippen LogP contribution in [0.1, 0.15) is 31.2 Å². The highest BCUT2D eigenvalue weighted by molar-refractivity contribution is 7.90. The molecule has 0 radical (unpaired) electrons. The van der Waals surface area contributed by atoms with E-state index < -0.39 is 9.84 Å². The normalized spacial score (nSPS) is 15.3. The van der Waals surface area contributed by atoms with Gasteiger partial charge < -0.3 is 5.32 Å². The van der Waals surface area contributed by atoms with Gasteiger partial charge in [-0.05, 0) is 37.8 Å². The van der Waals surface area contributed by atoms with E-state index in [9.17, 15) is 8.42 Å². The number of fused-ring (bicyclic) bond motifs is 1. The van der Waals surface area contributed by atoms with E-state index >= 15 is 0 Å². The summed E-state index contributed by atoms with van der Waals surface area (Å²) in [5, 5.41) is 4.74. The lowest BCUT2D eigenvalue weighted by Gasteiger charge is -2.18. The summed E-state index contributed by atoms with van der Waals surface area (Å²) < 4.78 is 23.7. The molecule has 110 valence electrons. The first kappa shape index (κ1) is 15.5. The Morgan fingerprint density at radius 3 is 2.60 bits per heavy atom. The predicted octanol–water partition coefficient (Wildman–Crippen LogP) is 3.38. The highest BCUT2D eigenvalue weighted by atomic mass is 32.2. The molecule has 20 heavy (non-hydrogen) atoms. The van der Waals surface area contributed by atoms with E-state index in [-0.39, 0.29) is 17.8 Å². The Morgan fingerprint density at radius 1 is 1.25 bits per heavy atom. The van der Waals surface area contributed by atoms with E-state index in [0.29, 0.717) is 6.42 Å². The van der Waals surface area contributed by atoms with Crippen molar-refractivity contribution < 1.29 is 8.42 Å². The number of hydrogen-bond donors (Lipinski definition) is 1. The highest BCUT2D eigenvalue weighted by Crippen LogP contribution is 2.29. The summed E-state index contributed by atoms with van der Waals surface area (Å²) in [6, 6.07) is 11.0. The molecule has 1 N–H and O–H groups in total. The van der Waals surface area contributed by atoms with Crippen molar-refractivity contribution in [2.45, 2.75) is 32.4 Å². The van der Waals surface area contributed by atoms with Gasteiger partial charge in [0.25, 0.3) is 0 Å².